The smallest absolute Gasteiger partial charge is 0.00275 e. The van der Waals surface area contributed by atoms with Crippen molar-refractivity contribution >= 4 is 0 Å². The van der Waals surface area contributed by atoms with E-state index in [9.17, 15) is 0 Å². The van der Waals surface area contributed by atoms with Crippen molar-refractivity contribution in [2.75, 3.05) is 27.2 Å². The highest BCUT2D eigenvalue weighted by molar-refractivity contribution is 4.35. The molecule has 0 amide bonds. The quantitative estimate of drug-likeness (QED) is 0.697. The predicted octanol–water partition coefficient (Wildman–Crippen LogP) is 3.12. The molecule has 0 heterocycles. The minimum Gasteiger partial charge on any atom is -0.330 e. The fraction of sp³-hybridized carbons (Fsp3) is 1.00. The van der Waals surface area contributed by atoms with Crippen LogP contribution in [0.15, 0.2) is 0 Å². The van der Waals surface area contributed by atoms with Crippen LogP contribution in [0.4, 0.5) is 0 Å². The average Bonchev–Trinajstić information content (AvgIpc) is 2.18. The molecule has 0 aromatic heterocycles. The molecule has 0 aliphatic carbocycles. The second-order valence-corrected chi connectivity index (χ2v) is 3.30. The van der Waals surface area contributed by atoms with E-state index in [1.807, 2.05) is 13.8 Å². The Morgan fingerprint density at radius 1 is 0.929 bits per heavy atom. The summed E-state index contributed by atoms with van der Waals surface area (Å²) in [5.41, 5.74) is 5.21. The molecule has 0 unspecified atom stereocenters. The first kappa shape index (κ1) is 19.5. The van der Waals surface area contributed by atoms with Gasteiger partial charge in [-0.05, 0) is 40.0 Å². The van der Waals surface area contributed by atoms with Gasteiger partial charge in [0, 0.05) is 0 Å². The summed E-state index contributed by atoms with van der Waals surface area (Å²) in [6, 6.07) is 0. The van der Waals surface area contributed by atoms with Gasteiger partial charge in [0.05, 0.1) is 0 Å². The largest absolute Gasteiger partial charge is 0.330 e. The molecule has 0 spiro atoms. The van der Waals surface area contributed by atoms with E-state index in [0.29, 0.717) is 0 Å². The molecule has 14 heavy (non-hydrogen) atoms. The second-order valence-electron chi connectivity index (χ2n) is 3.30. The Labute approximate surface area is 91.9 Å². The molecular formula is C12H32N2. The zero-order valence-electron chi connectivity index (χ0n) is 11.3. The summed E-state index contributed by atoms with van der Waals surface area (Å²) in [6.45, 7) is 10.4. The van der Waals surface area contributed by atoms with Crippen LogP contribution in [0.2, 0.25) is 0 Å². The summed E-state index contributed by atoms with van der Waals surface area (Å²) < 4.78 is 0. The van der Waals surface area contributed by atoms with Crippen LogP contribution < -0.4 is 5.73 Å². The summed E-state index contributed by atoms with van der Waals surface area (Å²) in [5, 5.41) is 0. The summed E-state index contributed by atoms with van der Waals surface area (Å²) in [5.74, 6) is 0. The molecule has 0 saturated heterocycles. The van der Waals surface area contributed by atoms with E-state index in [0.717, 1.165) is 6.54 Å². The number of nitrogens with zero attached hydrogens (tertiary/aromatic N) is 1. The Hall–Kier alpha value is -0.0800. The molecule has 0 rings (SSSR count). The molecule has 90 valence electrons. The van der Waals surface area contributed by atoms with Crippen molar-refractivity contribution in [3.8, 4) is 0 Å². The van der Waals surface area contributed by atoms with Crippen LogP contribution in [0.5, 0.6) is 0 Å². The minimum atomic E-state index is 0.855. The number of unbranched alkanes of at least 4 members (excludes halogenated alkanes) is 2. The van der Waals surface area contributed by atoms with Crippen LogP contribution in [0.1, 0.15) is 53.4 Å². The summed E-state index contributed by atoms with van der Waals surface area (Å²) in [6.07, 6.45) is 5.01. The predicted molar refractivity (Wildman–Crippen MR) is 68.8 cm³/mol. The van der Waals surface area contributed by atoms with E-state index in [4.69, 9.17) is 5.73 Å². The van der Waals surface area contributed by atoms with Gasteiger partial charge in [-0.3, -0.25) is 0 Å². The summed E-state index contributed by atoms with van der Waals surface area (Å²) >= 11 is 0. The van der Waals surface area contributed by atoms with Gasteiger partial charge in [-0.25, -0.2) is 0 Å². The van der Waals surface area contributed by atoms with Crippen molar-refractivity contribution in [3.05, 3.63) is 0 Å². The Morgan fingerprint density at radius 2 is 1.43 bits per heavy atom. The molecule has 0 aliphatic heterocycles. The van der Waals surface area contributed by atoms with Gasteiger partial charge >= 0.3 is 0 Å². The third-order valence-corrected chi connectivity index (χ3v) is 1.48. The maximum Gasteiger partial charge on any atom is -0.00275 e. The Kier molecular flexibility index (Phi) is 32.1. The van der Waals surface area contributed by atoms with Crippen LogP contribution in [0, 0.1) is 0 Å². The standard InChI is InChI=1S/2C5H13N.C2H6/c1-4-5-6(2)3;1-2-3-4-5-6;1-2/h4-5H2,1-3H3;2-6H2,1H3;1-2H3. The highest BCUT2D eigenvalue weighted by Crippen LogP contribution is 1.88. The van der Waals surface area contributed by atoms with E-state index in [2.05, 4.69) is 32.8 Å². The lowest BCUT2D eigenvalue weighted by Crippen LogP contribution is -2.11. The SMILES string of the molecule is CC.CCCCCN.CCCN(C)C. The Balaban J connectivity index is -0.000000147. The molecule has 2 nitrogen and oxygen atoms in total. The van der Waals surface area contributed by atoms with Crippen LogP contribution >= 0.6 is 0 Å². The van der Waals surface area contributed by atoms with Crippen molar-refractivity contribution in [2.45, 2.75) is 53.4 Å². The molecule has 2 heteroatoms. The third kappa shape index (κ3) is 40.6. The van der Waals surface area contributed by atoms with Crippen molar-refractivity contribution in [1.82, 2.24) is 4.90 Å². The summed E-state index contributed by atoms with van der Waals surface area (Å²) in [7, 11) is 4.17. The first-order valence-electron chi connectivity index (χ1n) is 6.03. The lowest BCUT2D eigenvalue weighted by Gasteiger charge is -2.03. The zero-order chi connectivity index (χ0) is 11.8. The summed E-state index contributed by atoms with van der Waals surface area (Å²) in [4.78, 5) is 2.18. The Bertz CT molecular complexity index is 59.3. The minimum absolute atomic E-state index is 0.855. The molecule has 0 aliphatic rings. The van der Waals surface area contributed by atoms with Gasteiger partial charge in [0.1, 0.15) is 0 Å². The van der Waals surface area contributed by atoms with Gasteiger partial charge in [-0.2, -0.15) is 0 Å². The van der Waals surface area contributed by atoms with Crippen LogP contribution in [-0.4, -0.2) is 32.1 Å². The van der Waals surface area contributed by atoms with Crippen LogP contribution in [-0.2, 0) is 0 Å². The molecule has 0 bridgehead atoms. The highest BCUT2D eigenvalue weighted by Gasteiger charge is 1.79. The monoisotopic (exact) mass is 204 g/mol. The molecule has 0 radical (unpaired) electrons. The highest BCUT2D eigenvalue weighted by atomic mass is 15.0. The Morgan fingerprint density at radius 3 is 1.50 bits per heavy atom. The number of rotatable bonds is 5. The number of nitrogens with two attached hydrogens (primary N) is 1. The maximum atomic E-state index is 5.21. The van der Waals surface area contributed by atoms with Gasteiger partial charge < -0.3 is 10.6 Å². The third-order valence-electron chi connectivity index (χ3n) is 1.48. The second kappa shape index (κ2) is 23.1. The van der Waals surface area contributed by atoms with Crippen molar-refractivity contribution < 1.29 is 0 Å². The van der Waals surface area contributed by atoms with Gasteiger partial charge in [0.15, 0.2) is 0 Å². The lowest BCUT2D eigenvalue weighted by atomic mass is 10.3. The van der Waals surface area contributed by atoms with Crippen LogP contribution in [0.25, 0.3) is 0 Å². The number of hydrogen-bond acceptors (Lipinski definition) is 2. The van der Waals surface area contributed by atoms with E-state index < -0.39 is 0 Å². The van der Waals surface area contributed by atoms with E-state index in [-0.39, 0.29) is 0 Å². The first-order valence-corrected chi connectivity index (χ1v) is 6.03. The molecule has 0 aromatic carbocycles. The topological polar surface area (TPSA) is 29.3 Å². The maximum absolute atomic E-state index is 5.21. The van der Waals surface area contributed by atoms with Crippen molar-refractivity contribution in [2.24, 2.45) is 5.73 Å². The molecule has 0 saturated carbocycles. The average molecular weight is 204 g/mol. The molecule has 0 fully saturated rings. The van der Waals surface area contributed by atoms with E-state index >= 15 is 0 Å². The normalized spacial score (nSPS) is 8.57. The van der Waals surface area contributed by atoms with Gasteiger partial charge in [-0.15, -0.1) is 0 Å². The first-order chi connectivity index (χ1) is 6.68. The molecule has 2 N–H and O–H groups in total. The molecule has 0 atom stereocenters. The molecule has 0 aromatic rings. The van der Waals surface area contributed by atoms with Crippen molar-refractivity contribution in [1.29, 1.82) is 0 Å². The zero-order valence-corrected chi connectivity index (χ0v) is 11.3. The van der Waals surface area contributed by atoms with Gasteiger partial charge in [-0.1, -0.05) is 40.5 Å². The van der Waals surface area contributed by atoms with E-state index in [1.54, 1.807) is 0 Å². The van der Waals surface area contributed by atoms with Gasteiger partial charge in [0.2, 0.25) is 0 Å². The lowest BCUT2D eigenvalue weighted by molar-refractivity contribution is 0.408. The fourth-order valence-corrected chi connectivity index (χ4v) is 0.842. The molecular weight excluding hydrogens is 172 g/mol. The number of hydrogen-bond donors (Lipinski definition) is 1. The fourth-order valence-electron chi connectivity index (χ4n) is 0.842. The van der Waals surface area contributed by atoms with Gasteiger partial charge in [0.25, 0.3) is 0 Å². The van der Waals surface area contributed by atoms with Crippen LogP contribution in [0.3, 0.4) is 0 Å². The van der Waals surface area contributed by atoms with E-state index in [1.165, 1.54) is 32.2 Å². The van der Waals surface area contributed by atoms with Crippen molar-refractivity contribution in [3.63, 3.8) is 0 Å².